The zero-order valence-corrected chi connectivity index (χ0v) is 10.1. The van der Waals surface area contributed by atoms with Gasteiger partial charge in [0.2, 0.25) is 6.39 Å². The van der Waals surface area contributed by atoms with Crippen molar-refractivity contribution >= 4 is 0 Å². The molecule has 0 saturated heterocycles. The number of hydrogen-bond donors (Lipinski definition) is 2. The lowest BCUT2D eigenvalue weighted by molar-refractivity contribution is 0.141. The fourth-order valence-corrected chi connectivity index (χ4v) is 2.49. The summed E-state index contributed by atoms with van der Waals surface area (Å²) in [6.07, 6.45) is 8.06. The Kier molecular flexibility index (Phi) is 4.94. The van der Waals surface area contributed by atoms with Crippen LogP contribution in [0.25, 0.3) is 0 Å². The standard InChI is InChI=1S/C12H21N3O2/c16-11(7-10-3-1-2-4-10)8-13-6-5-12-14-9-17-15-12/h9-11,13,16H,1-8H2. The fraction of sp³-hybridized carbons (Fsp3) is 0.833. The smallest absolute Gasteiger partial charge is 0.213 e. The monoisotopic (exact) mass is 239 g/mol. The summed E-state index contributed by atoms with van der Waals surface area (Å²) >= 11 is 0. The van der Waals surface area contributed by atoms with Crippen LogP contribution in [0.3, 0.4) is 0 Å². The van der Waals surface area contributed by atoms with Gasteiger partial charge in [0.1, 0.15) is 0 Å². The van der Waals surface area contributed by atoms with E-state index < -0.39 is 0 Å². The summed E-state index contributed by atoms with van der Waals surface area (Å²) in [6.45, 7) is 1.44. The zero-order valence-electron chi connectivity index (χ0n) is 10.1. The van der Waals surface area contributed by atoms with Crippen LogP contribution in [0.5, 0.6) is 0 Å². The second-order valence-electron chi connectivity index (χ2n) is 4.84. The van der Waals surface area contributed by atoms with Gasteiger partial charge in [-0.1, -0.05) is 30.8 Å². The number of nitrogens with zero attached hydrogens (tertiary/aromatic N) is 2. The summed E-state index contributed by atoms with van der Waals surface area (Å²) in [5.74, 6) is 1.45. The van der Waals surface area contributed by atoms with Gasteiger partial charge >= 0.3 is 0 Å². The van der Waals surface area contributed by atoms with Crippen molar-refractivity contribution in [1.29, 1.82) is 0 Å². The van der Waals surface area contributed by atoms with Crippen molar-refractivity contribution in [2.45, 2.75) is 44.6 Å². The van der Waals surface area contributed by atoms with Gasteiger partial charge in [0, 0.05) is 19.5 Å². The molecule has 5 heteroatoms. The third-order valence-electron chi connectivity index (χ3n) is 3.39. The Labute approximate surface area is 102 Å². The lowest BCUT2D eigenvalue weighted by atomic mass is 10.0. The molecule has 0 spiro atoms. The minimum Gasteiger partial charge on any atom is -0.392 e. The molecule has 96 valence electrons. The van der Waals surface area contributed by atoms with Crippen molar-refractivity contribution < 1.29 is 9.63 Å². The number of aliphatic hydroxyl groups is 1. The maximum atomic E-state index is 9.85. The first-order valence-electron chi connectivity index (χ1n) is 6.48. The van der Waals surface area contributed by atoms with E-state index in [9.17, 15) is 5.11 Å². The molecule has 0 amide bonds. The van der Waals surface area contributed by atoms with E-state index in [0.29, 0.717) is 12.4 Å². The van der Waals surface area contributed by atoms with E-state index in [1.165, 1.54) is 32.1 Å². The highest BCUT2D eigenvalue weighted by atomic mass is 16.5. The number of rotatable bonds is 7. The van der Waals surface area contributed by atoms with Crippen LogP contribution in [-0.2, 0) is 6.42 Å². The molecule has 0 aliphatic heterocycles. The molecule has 0 aromatic carbocycles. The lowest BCUT2D eigenvalue weighted by Crippen LogP contribution is -2.29. The molecule has 0 radical (unpaired) electrons. The van der Waals surface area contributed by atoms with Crippen LogP contribution in [0.1, 0.15) is 37.9 Å². The van der Waals surface area contributed by atoms with E-state index in [1.807, 2.05) is 0 Å². The van der Waals surface area contributed by atoms with Crippen LogP contribution in [-0.4, -0.2) is 34.4 Å². The summed E-state index contributed by atoms with van der Waals surface area (Å²) < 4.78 is 4.64. The van der Waals surface area contributed by atoms with Crippen molar-refractivity contribution in [3.8, 4) is 0 Å². The number of aromatic nitrogens is 2. The second kappa shape index (κ2) is 6.71. The number of nitrogens with one attached hydrogen (secondary N) is 1. The van der Waals surface area contributed by atoms with Crippen LogP contribution in [0.2, 0.25) is 0 Å². The Hall–Kier alpha value is -0.940. The van der Waals surface area contributed by atoms with Gasteiger partial charge in [0.15, 0.2) is 5.82 Å². The Morgan fingerprint density at radius 2 is 2.29 bits per heavy atom. The third-order valence-corrected chi connectivity index (χ3v) is 3.39. The highest BCUT2D eigenvalue weighted by Gasteiger charge is 2.18. The van der Waals surface area contributed by atoms with Crippen LogP contribution in [0.15, 0.2) is 10.9 Å². The highest BCUT2D eigenvalue weighted by Crippen LogP contribution is 2.28. The van der Waals surface area contributed by atoms with Gasteiger partial charge in [-0.3, -0.25) is 0 Å². The SMILES string of the molecule is OC(CNCCc1ncon1)CC1CCCC1. The first-order valence-corrected chi connectivity index (χ1v) is 6.48. The number of hydrogen-bond acceptors (Lipinski definition) is 5. The van der Waals surface area contributed by atoms with Crippen LogP contribution < -0.4 is 5.32 Å². The average molecular weight is 239 g/mol. The van der Waals surface area contributed by atoms with E-state index in [4.69, 9.17) is 0 Å². The third kappa shape index (κ3) is 4.44. The second-order valence-corrected chi connectivity index (χ2v) is 4.84. The van der Waals surface area contributed by atoms with Crippen LogP contribution >= 0.6 is 0 Å². The molecule has 1 aromatic heterocycles. The maximum absolute atomic E-state index is 9.85. The quantitative estimate of drug-likeness (QED) is 0.698. The normalized spacial score (nSPS) is 18.6. The van der Waals surface area contributed by atoms with E-state index >= 15 is 0 Å². The topological polar surface area (TPSA) is 71.2 Å². The summed E-state index contributed by atoms with van der Waals surface area (Å²) in [5, 5.41) is 16.8. The van der Waals surface area contributed by atoms with Crippen molar-refractivity contribution in [1.82, 2.24) is 15.5 Å². The molecular formula is C12H21N3O2. The Morgan fingerprint density at radius 1 is 1.47 bits per heavy atom. The summed E-state index contributed by atoms with van der Waals surface area (Å²) in [4.78, 5) is 3.94. The summed E-state index contributed by atoms with van der Waals surface area (Å²) in [6, 6.07) is 0. The minimum atomic E-state index is -0.219. The van der Waals surface area contributed by atoms with Crippen molar-refractivity contribution in [2.24, 2.45) is 5.92 Å². The van der Waals surface area contributed by atoms with E-state index in [0.717, 1.165) is 25.3 Å². The molecular weight excluding hydrogens is 218 g/mol. The average Bonchev–Trinajstić information content (AvgIpc) is 2.96. The molecule has 1 saturated carbocycles. The molecule has 1 heterocycles. The van der Waals surface area contributed by atoms with Gasteiger partial charge in [-0.05, 0) is 12.3 Å². The summed E-state index contributed by atoms with van der Waals surface area (Å²) in [7, 11) is 0. The van der Waals surface area contributed by atoms with Gasteiger partial charge in [-0.2, -0.15) is 4.98 Å². The highest BCUT2D eigenvalue weighted by molar-refractivity contribution is 4.79. The summed E-state index contributed by atoms with van der Waals surface area (Å²) in [5.41, 5.74) is 0. The van der Waals surface area contributed by atoms with Crippen molar-refractivity contribution in [3.05, 3.63) is 12.2 Å². The molecule has 1 aliphatic carbocycles. The van der Waals surface area contributed by atoms with E-state index in [1.54, 1.807) is 0 Å². The lowest BCUT2D eigenvalue weighted by Gasteiger charge is -2.15. The molecule has 2 N–H and O–H groups in total. The predicted molar refractivity (Wildman–Crippen MR) is 63.5 cm³/mol. The molecule has 1 atom stereocenters. The molecule has 17 heavy (non-hydrogen) atoms. The van der Waals surface area contributed by atoms with Gasteiger partial charge < -0.3 is 14.9 Å². The predicted octanol–water partition coefficient (Wildman–Crippen LogP) is 1.14. The first kappa shape index (κ1) is 12.5. The molecule has 1 fully saturated rings. The maximum Gasteiger partial charge on any atom is 0.213 e. The van der Waals surface area contributed by atoms with Crippen molar-refractivity contribution in [2.75, 3.05) is 13.1 Å². The molecule has 1 aliphatic rings. The van der Waals surface area contributed by atoms with Crippen LogP contribution in [0, 0.1) is 5.92 Å². The molecule has 2 rings (SSSR count). The Morgan fingerprint density at radius 3 is 3.00 bits per heavy atom. The van der Waals surface area contributed by atoms with Gasteiger partial charge in [0.05, 0.1) is 6.10 Å². The molecule has 1 unspecified atom stereocenters. The molecule has 5 nitrogen and oxygen atoms in total. The van der Waals surface area contributed by atoms with Gasteiger partial charge in [-0.15, -0.1) is 0 Å². The van der Waals surface area contributed by atoms with E-state index in [2.05, 4.69) is 20.0 Å². The Bertz CT molecular complexity index is 297. The molecule has 1 aromatic rings. The fourth-order valence-electron chi connectivity index (χ4n) is 2.49. The minimum absolute atomic E-state index is 0.219. The van der Waals surface area contributed by atoms with Crippen molar-refractivity contribution in [3.63, 3.8) is 0 Å². The number of aliphatic hydroxyl groups excluding tert-OH is 1. The van der Waals surface area contributed by atoms with Gasteiger partial charge in [-0.25, -0.2) is 0 Å². The van der Waals surface area contributed by atoms with Gasteiger partial charge in [0.25, 0.3) is 0 Å². The molecule has 0 bridgehead atoms. The zero-order chi connectivity index (χ0) is 11.9. The van der Waals surface area contributed by atoms with Crippen LogP contribution in [0.4, 0.5) is 0 Å². The first-order chi connectivity index (χ1) is 8.34. The van der Waals surface area contributed by atoms with E-state index in [-0.39, 0.29) is 6.10 Å². The largest absolute Gasteiger partial charge is 0.392 e. The Balaban J connectivity index is 1.52.